The number of halogens is 2. The number of rotatable bonds is 4. The molecule has 2 aliphatic carbocycles. The molecule has 0 saturated heterocycles. The van der Waals surface area contributed by atoms with E-state index in [0.29, 0.717) is 0 Å². The zero-order chi connectivity index (χ0) is 31.8. The number of hydrogen-bond acceptors (Lipinski definition) is 0. The molecule has 0 bridgehead atoms. The van der Waals surface area contributed by atoms with Gasteiger partial charge in [-0.15, -0.1) is 0 Å². The quantitative estimate of drug-likeness (QED) is 0.156. The first-order chi connectivity index (χ1) is 22.2. The topological polar surface area (TPSA) is 0 Å². The number of benzene rings is 6. The van der Waals surface area contributed by atoms with E-state index in [1.54, 1.807) is 0 Å². The van der Waals surface area contributed by atoms with Gasteiger partial charge in [0.25, 0.3) is 0 Å². The Hall–Kier alpha value is -3.01. The van der Waals surface area contributed by atoms with E-state index in [1.807, 2.05) is 0 Å². The van der Waals surface area contributed by atoms with Gasteiger partial charge in [0.15, 0.2) is 0 Å². The van der Waals surface area contributed by atoms with Gasteiger partial charge in [-0.2, -0.15) is 0 Å². The molecule has 0 N–H and O–H groups in total. The predicted octanol–water partition coefficient (Wildman–Crippen LogP) is 13.2. The number of allylic oxidation sites excluding steroid dienone is 2. The summed E-state index contributed by atoms with van der Waals surface area (Å²) in [6.45, 7) is 9.34. The van der Waals surface area contributed by atoms with Crippen LogP contribution in [0.5, 0.6) is 0 Å². The summed E-state index contributed by atoms with van der Waals surface area (Å²) in [5.41, 5.74) is 11.8. The van der Waals surface area contributed by atoms with E-state index in [4.69, 9.17) is 17.2 Å². The Kier molecular flexibility index (Phi) is 7.27. The second-order valence-electron chi connectivity index (χ2n) is 13.5. The zero-order valence-corrected chi connectivity index (χ0v) is 32.7. The average molecular weight is 818 g/mol. The van der Waals surface area contributed by atoms with Crippen LogP contribution in [0.4, 0.5) is 0 Å². The molecule has 0 nitrogen and oxygen atoms in total. The van der Waals surface area contributed by atoms with Crippen molar-refractivity contribution in [2.45, 2.75) is 34.3 Å². The molecule has 2 unspecified atom stereocenters. The van der Waals surface area contributed by atoms with Crippen LogP contribution in [0.3, 0.4) is 0 Å². The van der Waals surface area contributed by atoms with Crippen molar-refractivity contribution in [2.75, 3.05) is 0 Å². The first-order valence-corrected chi connectivity index (χ1v) is 37.1. The van der Waals surface area contributed by atoms with Crippen molar-refractivity contribution in [1.82, 2.24) is 0 Å². The molecule has 0 fully saturated rings. The molecular formula is C42H36Cl2HfSi. The molecule has 4 heteroatoms. The average Bonchev–Trinajstić information content (AvgIpc) is 3.60. The van der Waals surface area contributed by atoms with Crippen LogP contribution in [0.2, 0.25) is 13.1 Å². The van der Waals surface area contributed by atoms with E-state index in [9.17, 15) is 0 Å². The van der Waals surface area contributed by atoms with Crippen LogP contribution < -0.4 is 0 Å². The molecule has 0 heterocycles. The predicted molar refractivity (Wildman–Crippen MR) is 201 cm³/mol. The Morgan fingerprint density at radius 1 is 0.478 bits per heavy atom. The van der Waals surface area contributed by atoms with E-state index in [0.717, 1.165) is 0 Å². The van der Waals surface area contributed by atoms with Crippen molar-refractivity contribution in [3.8, 4) is 22.3 Å². The molecule has 0 amide bonds. The van der Waals surface area contributed by atoms with Gasteiger partial charge in [0, 0.05) is 0 Å². The van der Waals surface area contributed by atoms with Gasteiger partial charge >= 0.3 is 282 Å². The Bertz CT molecular complexity index is 2220. The maximum absolute atomic E-state index is 8.52. The van der Waals surface area contributed by atoms with Gasteiger partial charge in [-0.1, -0.05) is 0 Å². The van der Waals surface area contributed by atoms with E-state index in [-0.39, 0.29) is 7.35 Å². The van der Waals surface area contributed by atoms with E-state index in [1.165, 1.54) is 77.2 Å². The van der Waals surface area contributed by atoms with Gasteiger partial charge in [-0.3, -0.25) is 0 Å². The van der Waals surface area contributed by atoms with Crippen LogP contribution >= 0.6 is 17.2 Å². The molecule has 6 aromatic carbocycles. The molecule has 0 spiro atoms. The summed E-state index contributed by atoms with van der Waals surface area (Å²) in [6, 6.07) is 44.2. The molecule has 0 aliphatic heterocycles. The molecule has 226 valence electrons. The molecular weight excluding hydrogens is 782 g/mol. The van der Waals surface area contributed by atoms with Crippen LogP contribution in [0.25, 0.3) is 56.0 Å². The molecule has 6 aromatic rings. The van der Waals surface area contributed by atoms with Crippen molar-refractivity contribution in [1.29, 1.82) is 0 Å². The normalized spacial score (nSPS) is 17.5. The molecule has 0 saturated carbocycles. The van der Waals surface area contributed by atoms with Crippen LogP contribution in [-0.4, -0.2) is 5.49 Å². The van der Waals surface area contributed by atoms with Gasteiger partial charge in [-0.05, 0) is 0 Å². The van der Waals surface area contributed by atoms with Gasteiger partial charge in [0.1, 0.15) is 0 Å². The van der Waals surface area contributed by atoms with Crippen molar-refractivity contribution in [2.24, 2.45) is 0 Å². The molecule has 8 rings (SSSR count). The molecule has 0 aromatic heterocycles. The Morgan fingerprint density at radius 3 is 1.28 bits per heavy atom. The van der Waals surface area contributed by atoms with Crippen LogP contribution in [0.15, 0.2) is 132 Å². The van der Waals surface area contributed by atoms with Crippen LogP contribution in [0.1, 0.15) is 43.5 Å². The summed E-state index contributed by atoms with van der Waals surface area (Å²) in [4.78, 5) is 0. The summed E-state index contributed by atoms with van der Waals surface area (Å²) < 4.78 is 0.129. The fourth-order valence-electron chi connectivity index (χ4n) is 8.64. The Balaban J connectivity index is 1.33. The first-order valence-electron chi connectivity index (χ1n) is 16.1. The van der Waals surface area contributed by atoms with Gasteiger partial charge < -0.3 is 0 Å². The van der Waals surface area contributed by atoms with Crippen molar-refractivity contribution in [3.63, 3.8) is 0 Å². The zero-order valence-electron chi connectivity index (χ0n) is 26.6. The minimum absolute atomic E-state index is 0.0645. The van der Waals surface area contributed by atoms with Gasteiger partial charge in [0.05, 0.1) is 0 Å². The summed E-state index contributed by atoms with van der Waals surface area (Å²) in [5, 5.41) is 5.06. The van der Waals surface area contributed by atoms with E-state index >= 15 is 0 Å². The molecule has 0 radical (unpaired) electrons. The second-order valence-corrected chi connectivity index (χ2v) is 67.6. The summed E-state index contributed by atoms with van der Waals surface area (Å²) in [5.74, 6) is 0. The fraction of sp³-hybridized carbons (Fsp3) is 0.143. The standard InChI is InChI=1S/2C20H15.C2H6Si.2ClH.Hf/c2*1-14-12-16-8-5-11-19(20(16)13-14)18-10-4-7-15-6-2-3-9-17(15)18;1-3-2;;;/h2*2-13H,1H3;1-2H3;2*1H;/q;;;;;+2/p-2. The van der Waals surface area contributed by atoms with Crippen molar-refractivity contribution < 1.29 is 14.8 Å². The minimum atomic E-state index is -4.97. The number of fused-ring (bicyclic) bond motifs is 4. The summed E-state index contributed by atoms with van der Waals surface area (Å²) in [6.07, 6.45) is 4.81. The molecule has 46 heavy (non-hydrogen) atoms. The van der Waals surface area contributed by atoms with E-state index in [2.05, 4.69) is 160 Å². The number of hydrogen-bond donors (Lipinski definition) is 0. The fourth-order valence-corrected chi connectivity index (χ4v) is 51.7. The Labute approximate surface area is 280 Å². The van der Waals surface area contributed by atoms with Gasteiger partial charge in [0.2, 0.25) is 0 Å². The van der Waals surface area contributed by atoms with Crippen molar-refractivity contribution >= 4 is 56.3 Å². The van der Waals surface area contributed by atoms with Gasteiger partial charge in [-0.25, -0.2) is 0 Å². The van der Waals surface area contributed by atoms with Crippen molar-refractivity contribution in [3.05, 3.63) is 155 Å². The SMILES string of the molecule is CC1=Cc2c(-c3cccc4ccccc34)cccc2[CH]1[Hf]([Cl])([Cl])([CH]1C(C)=Cc2c(-c3cccc4ccccc34)cccc21)=[Si](C)C. The summed E-state index contributed by atoms with van der Waals surface area (Å²) in [7, 11) is 17.0. The third-order valence-corrected chi connectivity index (χ3v) is 76.8. The van der Waals surface area contributed by atoms with E-state index < -0.39 is 20.3 Å². The monoisotopic (exact) mass is 818 g/mol. The molecule has 2 aliphatic rings. The maximum atomic E-state index is 8.52. The Morgan fingerprint density at radius 2 is 0.848 bits per heavy atom. The third kappa shape index (κ3) is 4.33. The first kappa shape index (κ1) is 30.3. The third-order valence-electron chi connectivity index (χ3n) is 10.7. The second kappa shape index (κ2) is 11.0. The van der Waals surface area contributed by atoms with Crippen LogP contribution in [-0.2, 0) is 14.8 Å². The molecule has 2 atom stereocenters. The van der Waals surface area contributed by atoms with Crippen LogP contribution in [0, 0.1) is 0 Å². The summed E-state index contributed by atoms with van der Waals surface area (Å²) >= 11 is -4.97.